The fraction of sp³-hybridized carbons (Fsp3) is 0.667. The zero-order valence-electron chi connectivity index (χ0n) is 5.97. The van der Waals surface area contributed by atoms with E-state index in [4.69, 9.17) is 5.11 Å². The van der Waals surface area contributed by atoms with Gasteiger partial charge >= 0.3 is 5.97 Å². The minimum absolute atomic E-state index is 0.167. The summed E-state index contributed by atoms with van der Waals surface area (Å²) >= 11 is 0. The van der Waals surface area contributed by atoms with Crippen molar-refractivity contribution in [2.24, 2.45) is 0 Å². The van der Waals surface area contributed by atoms with Gasteiger partial charge in [-0.1, -0.05) is 6.92 Å². The van der Waals surface area contributed by atoms with Gasteiger partial charge in [0.05, 0.1) is 0 Å². The molecule has 3 heteroatoms. The normalized spacial score (nSPS) is 7.00. The Morgan fingerprint density at radius 1 is 1.33 bits per heavy atom. The molecular formula is C6H12O3. The number of rotatable bonds is 1. The Morgan fingerprint density at radius 3 is 1.44 bits per heavy atom. The van der Waals surface area contributed by atoms with Crippen molar-refractivity contribution in [3.05, 3.63) is 0 Å². The topological polar surface area (TPSA) is 54.4 Å². The third kappa shape index (κ3) is 145. The Kier molecular flexibility index (Phi) is 8.73. The van der Waals surface area contributed by atoms with Crippen molar-refractivity contribution in [2.75, 3.05) is 0 Å². The molecule has 0 aliphatic rings. The summed E-state index contributed by atoms with van der Waals surface area (Å²) < 4.78 is 0. The number of carbonyl (C=O) groups excluding carboxylic acids is 1. The van der Waals surface area contributed by atoms with Crippen molar-refractivity contribution in [1.29, 1.82) is 0 Å². The molecule has 0 saturated heterocycles. The molecule has 0 aromatic rings. The maximum absolute atomic E-state index is 9.44. The lowest BCUT2D eigenvalue weighted by molar-refractivity contribution is -0.136. The number of carbonyl (C=O) groups is 2. The van der Waals surface area contributed by atoms with Crippen LogP contribution in [0.4, 0.5) is 0 Å². The van der Waals surface area contributed by atoms with Crippen LogP contribution in [0.15, 0.2) is 0 Å². The number of Topliss-reactive ketones (excluding diaryl/α,β-unsaturated/α-hetero) is 1. The molecule has 54 valence electrons. The zero-order chi connectivity index (χ0) is 7.86. The smallest absolute Gasteiger partial charge is 0.303 e. The van der Waals surface area contributed by atoms with E-state index < -0.39 is 5.97 Å². The van der Waals surface area contributed by atoms with Gasteiger partial charge in [-0.3, -0.25) is 4.79 Å². The Hall–Kier alpha value is -0.860. The third-order valence-corrected chi connectivity index (χ3v) is 0.302. The lowest BCUT2D eigenvalue weighted by atomic mass is 10.5. The van der Waals surface area contributed by atoms with E-state index in [2.05, 4.69) is 0 Å². The standard InChI is InChI=1S/C3H6O2.C3H6O/c1-2-3(4)5;1-3(2)4/h2H2,1H3,(H,4,5);1-2H3. The first-order chi connectivity index (χ1) is 4.00. The first-order valence-corrected chi connectivity index (χ1v) is 2.69. The largest absolute Gasteiger partial charge is 0.481 e. The minimum atomic E-state index is -0.745. The van der Waals surface area contributed by atoms with E-state index >= 15 is 0 Å². The summed E-state index contributed by atoms with van der Waals surface area (Å²) in [4.78, 5) is 18.8. The van der Waals surface area contributed by atoms with Crippen LogP contribution in [-0.4, -0.2) is 16.9 Å². The fourth-order valence-corrected chi connectivity index (χ4v) is 0. The molecule has 0 saturated carbocycles. The van der Waals surface area contributed by atoms with Gasteiger partial charge in [-0.2, -0.15) is 0 Å². The number of hydrogen-bond donors (Lipinski definition) is 1. The molecule has 0 aliphatic carbocycles. The molecule has 0 aliphatic heterocycles. The second-order valence-electron chi connectivity index (χ2n) is 1.66. The van der Waals surface area contributed by atoms with Gasteiger partial charge in [0.15, 0.2) is 0 Å². The highest BCUT2D eigenvalue weighted by molar-refractivity contribution is 5.72. The van der Waals surface area contributed by atoms with Crippen molar-refractivity contribution in [1.82, 2.24) is 0 Å². The maximum Gasteiger partial charge on any atom is 0.303 e. The summed E-state index contributed by atoms with van der Waals surface area (Å²) in [6.45, 7) is 4.66. The van der Waals surface area contributed by atoms with Gasteiger partial charge in [-0.15, -0.1) is 0 Å². The fourth-order valence-electron chi connectivity index (χ4n) is 0. The molecule has 0 amide bonds. The molecule has 0 fully saturated rings. The summed E-state index contributed by atoms with van der Waals surface area (Å²) in [6.07, 6.45) is 0.222. The van der Waals surface area contributed by atoms with Gasteiger partial charge in [-0.25, -0.2) is 0 Å². The lowest BCUT2D eigenvalue weighted by Crippen LogP contribution is -1.86. The third-order valence-electron chi connectivity index (χ3n) is 0.302. The van der Waals surface area contributed by atoms with E-state index in [9.17, 15) is 9.59 Å². The SMILES string of the molecule is CC(C)=O.CCC(=O)O. The number of hydrogen-bond acceptors (Lipinski definition) is 2. The van der Waals surface area contributed by atoms with E-state index in [-0.39, 0.29) is 12.2 Å². The number of carboxylic acids is 1. The van der Waals surface area contributed by atoms with E-state index in [1.807, 2.05) is 0 Å². The van der Waals surface area contributed by atoms with Crippen molar-refractivity contribution < 1.29 is 14.7 Å². The van der Waals surface area contributed by atoms with Crippen LogP contribution < -0.4 is 0 Å². The summed E-state index contributed by atoms with van der Waals surface area (Å²) in [5, 5.41) is 7.72. The Morgan fingerprint density at radius 2 is 1.44 bits per heavy atom. The van der Waals surface area contributed by atoms with Gasteiger partial charge in [0.25, 0.3) is 0 Å². The van der Waals surface area contributed by atoms with E-state index in [1.165, 1.54) is 13.8 Å². The van der Waals surface area contributed by atoms with Crippen LogP contribution in [0.2, 0.25) is 0 Å². The second-order valence-corrected chi connectivity index (χ2v) is 1.66. The first-order valence-electron chi connectivity index (χ1n) is 2.69. The van der Waals surface area contributed by atoms with Crippen LogP contribution in [0.3, 0.4) is 0 Å². The maximum atomic E-state index is 9.44. The average molecular weight is 132 g/mol. The predicted octanol–water partition coefficient (Wildman–Crippen LogP) is 1.08. The molecule has 0 rings (SSSR count). The molecule has 0 unspecified atom stereocenters. The van der Waals surface area contributed by atoms with Crippen LogP contribution in [-0.2, 0) is 9.59 Å². The van der Waals surface area contributed by atoms with Gasteiger partial charge in [0.1, 0.15) is 5.78 Å². The lowest BCUT2D eigenvalue weighted by Gasteiger charge is -1.71. The average Bonchev–Trinajstić information content (AvgIpc) is 1.65. The van der Waals surface area contributed by atoms with Crippen LogP contribution in [0.25, 0.3) is 0 Å². The Balaban J connectivity index is 0. The monoisotopic (exact) mass is 132 g/mol. The van der Waals surface area contributed by atoms with Gasteiger partial charge in [-0.05, 0) is 13.8 Å². The number of aliphatic carboxylic acids is 1. The summed E-state index contributed by atoms with van der Waals surface area (Å²) in [5.41, 5.74) is 0. The van der Waals surface area contributed by atoms with Crippen LogP contribution in [0.1, 0.15) is 27.2 Å². The van der Waals surface area contributed by atoms with Gasteiger partial charge in [0.2, 0.25) is 0 Å². The second kappa shape index (κ2) is 7.14. The molecule has 0 bridgehead atoms. The number of carboxylic acid groups (broad SMARTS) is 1. The summed E-state index contributed by atoms with van der Waals surface area (Å²) in [6, 6.07) is 0. The Bertz CT molecular complexity index is 92.5. The Labute approximate surface area is 54.7 Å². The molecule has 0 atom stereocenters. The minimum Gasteiger partial charge on any atom is -0.481 e. The van der Waals surface area contributed by atoms with Crippen LogP contribution >= 0.6 is 0 Å². The predicted molar refractivity (Wildman–Crippen MR) is 34.3 cm³/mol. The highest BCUT2D eigenvalue weighted by Gasteiger charge is 1.80. The highest BCUT2D eigenvalue weighted by atomic mass is 16.4. The molecular weight excluding hydrogens is 120 g/mol. The van der Waals surface area contributed by atoms with Gasteiger partial charge < -0.3 is 9.90 Å². The van der Waals surface area contributed by atoms with E-state index in [0.29, 0.717) is 0 Å². The van der Waals surface area contributed by atoms with E-state index in [0.717, 1.165) is 0 Å². The summed E-state index contributed by atoms with van der Waals surface area (Å²) in [7, 11) is 0. The molecule has 0 heterocycles. The van der Waals surface area contributed by atoms with Gasteiger partial charge in [0, 0.05) is 6.42 Å². The van der Waals surface area contributed by atoms with Crippen molar-refractivity contribution in [3.63, 3.8) is 0 Å². The first kappa shape index (κ1) is 11.0. The molecule has 0 spiro atoms. The molecule has 1 N–H and O–H groups in total. The van der Waals surface area contributed by atoms with Crippen LogP contribution in [0.5, 0.6) is 0 Å². The molecule has 0 aromatic heterocycles. The number of ketones is 1. The molecule has 0 aromatic carbocycles. The van der Waals surface area contributed by atoms with E-state index in [1.54, 1.807) is 6.92 Å². The van der Waals surface area contributed by atoms with Crippen molar-refractivity contribution in [3.8, 4) is 0 Å². The molecule has 9 heavy (non-hydrogen) atoms. The summed E-state index contributed by atoms with van der Waals surface area (Å²) in [5.74, 6) is -0.579. The van der Waals surface area contributed by atoms with Crippen LogP contribution in [0, 0.1) is 0 Å². The molecule has 3 nitrogen and oxygen atoms in total. The highest BCUT2D eigenvalue weighted by Crippen LogP contribution is 1.67. The quantitative estimate of drug-likeness (QED) is 0.580. The zero-order valence-corrected chi connectivity index (χ0v) is 5.97. The molecule has 0 radical (unpaired) electrons. The van der Waals surface area contributed by atoms with Crippen molar-refractivity contribution in [2.45, 2.75) is 27.2 Å². The van der Waals surface area contributed by atoms with Crippen molar-refractivity contribution >= 4 is 11.8 Å².